The Morgan fingerprint density at radius 1 is 1.11 bits per heavy atom. The lowest BCUT2D eigenvalue weighted by molar-refractivity contribution is -0.132. The predicted octanol–water partition coefficient (Wildman–Crippen LogP) is 2.08. The van der Waals surface area contributed by atoms with E-state index in [0.29, 0.717) is 29.5 Å². The van der Waals surface area contributed by atoms with Crippen LogP contribution >= 0.6 is 11.6 Å². The molecule has 1 saturated heterocycles. The monoisotopic (exact) mass is 410 g/mol. The molecule has 1 N–H and O–H groups in total. The van der Waals surface area contributed by atoms with Crippen LogP contribution in [0.2, 0.25) is 5.02 Å². The minimum Gasteiger partial charge on any atom is -0.495 e. The minimum absolute atomic E-state index is 0.0901. The van der Waals surface area contributed by atoms with E-state index in [1.54, 1.807) is 13.2 Å². The number of hydrogen-bond acceptors (Lipinski definition) is 5. The van der Waals surface area contributed by atoms with Gasteiger partial charge >= 0.3 is 0 Å². The van der Waals surface area contributed by atoms with Gasteiger partial charge in [-0.2, -0.15) is 0 Å². The van der Waals surface area contributed by atoms with Crippen molar-refractivity contribution in [1.29, 1.82) is 0 Å². The molecule has 28 heavy (non-hydrogen) atoms. The Hall–Kier alpha value is -1.83. The van der Waals surface area contributed by atoms with Crippen LogP contribution in [0.3, 0.4) is 0 Å². The van der Waals surface area contributed by atoms with Gasteiger partial charge in [0.25, 0.3) is 0 Å². The van der Waals surface area contributed by atoms with Gasteiger partial charge in [0.1, 0.15) is 5.75 Å². The molecule has 7 nitrogen and oxygen atoms in total. The molecule has 0 aromatic heterocycles. The summed E-state index contributed by atoms with van der Waals surface area (Å²) in [5.41, 5.74) is 1.50. The lowest BCUT2D eigenvalue weighted by atomic mass is 10.2. The van der Waals surface area contributed by atoms with Gasteiger partial charge in [0.15, 0.2) is 0 Å². The van der Waals surface area contributed by atoms with Crippen LogP contribution in [0.4, 0.5) is 5.69 Å². The fourth-order valence-electron chi connectivity index (χ4n) is 3.30. The number of halogens is 1. The van der Waals surface area contributed by atoms with E-state index in [-0.39, 0.29) is 11.8 Å². The SMILES string of the molecule is CCN(CC)C(=O)CN1CCN(CC(=O)Nc2cc(C)c(Cl)cc2OC)CC1. The van der Waals surface area contributed by atoms with E-state index in [1.165, 1.54) is 0 Å². The Kier molecular flexibility index (Phi) is 8.54. The normalized spacial score (nSPS) is 15.3. The molecule has 1 aliphatic heterocycles. The van der Waals surface area contributed by atoms with Gasteiger partial charge in [0.2, 0.25) is 11.8 Å². The molecule has 1 fully saturated rings. The van der Waals surface area contributed by atoms with E-state index < -0.39 is 0 Å². The second kappa shape index (κ2) is 10.6. The standard InChI is InChI=1S/C20H31ClN4O3/c1-5-25(6-2)20(27)14-24-9-7-23(8-10-24)13-19(26)22-17-11-15(3)16(21)12-18(17)28-4/h11-12H,5-10,13-14H2,1-4H3,(H,22,26). The zero-order valence-corrected chi connectivity index (χ0v) is 18.0. The molecule has 0 spiro atoms. The molecular weight excluding hydrogens is 380 g/mol. The number of likely N-dealkylation sites (N-methyl/N-ethyl adjacent to an activating group) is 1. The Morgan fingerprint density at radius 3 is 2.21 bits per heavy atom. The highest BCUT2D eigenvalue weighted by atomic mass is 35.5. The second-order valence-electron chi connectivity index (χ2n) is 6.97. The van der Waals surface area contributed by atoms with E-state index in [2.05, 4.69) is 15.1 Å². The van der Waals surface area contributed by atoms with Crippen LogP contribution in [0.1, 0.15) is 19.4 Å². The lowest BCUT2D eigenvalue weighted by Crippen LogP contribution is -2.51. The van der Waals surface area contributed by atoms with Gasteiger partial charge in [-0.1, -0.05) is 11.6 Å². The summed E-state index contributed by atoms with van der Waals surface area (Å²) in [6.07, 6.45) is 0. The summed E-state index contributed by atoms with van der Waals surface area (Å²) < 4.78 is 5.31. The van der Waals surface area contributed by atoms with Crippen molar-refractivity contribution in [3.8, 4) is 5.75 Å². The van der Waals surface area contributed by atoms with Crippen molar-refractivity contribution in [2.75, 3.05) is 64.8 Å². The van der Waals surface area contributed by atoms with Crippen molar-refractivity contribution < 1.29 is 14.3 Å². The Morgan fingerprint density at radius 2 is 1.68 bits per heavy atom. The van der Waals surface area contributed by atoms with Crippen LogP contribution in [0.25, 0.3) is 0 Å². The van der Waals surface area contributed by atoms with Crippen LogP contribution in [-0.4, -0.2) is 86.0 Å². The number of aryl methyl sites for hydroxylation is 1. The molecule has 2 amide bonds. The van der Waals surface area contributed by atoms with Gasteiger partial charge in [-0.15, -0.1) is 0 Å². The van der Waals surface area contributed by atoms with Crippen LogP contribution in [0.15, 0.2) is 12.1 Å². The molecule has 156 valence electrons. The van der Waals surface area contributed by atoms with E-state index in [0.717, 1.165) is 44.8 Å². The summed E-state index contributed by atoms with van der Waals surface area (Å²) >= 11 is 6.11. The number of ether oxygens (including phenoxy) is 1. The van der Waals surface area contributed by atoms with Crippen molar-refractivity contribution in [3.05, 3.63) is 22.7 Å². The van der Waals surface area contributed by atoms with Crippen molar-refractivity contribution in [2.24, 2.45) is 0 Å². The topological polar surface area (TPSA) is 65.1 Å². The maximum absolute atomic E-state index is 12.5. The van der Waals surface area contributed by atoms with Crippen LogP contribution in [-0.2, 0) is 9.59 Å². The van der Waals surface area contributed by atoms with Crippen molar-refractivity contribution >= 4 is 29.1 Å². The Labute approximate surface area is 172 Å². The summed E-state index contributed by atoms with van der Waals surface area (Å²) in [6.45, 7) is 11.2. The predicted molar refractivity (Wildman–Crippen MR) is 112 cm³/mol. The Bertz CT molecular complexity index is 686. The molecule has 1 aromatic rings. The van der Waals surface area contributed by atoms with E-state index in [9.17, 15) is 9.59 Å². The fourth-order valence-corrected chi connectivity index (χ4v) is 3.45. The summed E-state index contributed by atoms with van der Waals surface area (Å²) in [5.74, 6) is 0.623. The van der Waals surface area contributed by atoms with Crippen LogP contribution in [0, 0.1) is 6.92 Å². The van der Waals surface area contributed by atoms with Gasteiger partial charge in [-0.25, -0.2) is 0 Å². The number of hydrogen-bond donors (Lipinski definition) is 1. The molecule has 1 heterocycles. The van der Waals surface area contributed by atoms with Crippen molar-refractivity contribution in [1.82, 2.24) is 14.7 Å². The van der Waals surface area contributed by atoms with Gasteiger partial charge in [-0.05, 0) is 32.4 Å². The average molecular weight is 411 g/mol. The van der Waals surface area contributed by atoms with Gasteiger partial charge in [0.05, 0.1) is 25.9 Å². The second-order valence-corrected chi connectivity index (χ2v) is 7.38. The molecule has 1 aromatic carbocycles. The number of amides is 2. The summed E-state index contributed by atoms with van der Waals surface area (Å²) in [4.78, 5) is 30.8. The maximum atomic E-state index is 12.5. The zero-order chi connectivity index (χ0) is 20.7. The number of nitrogens with zero attached hydrogens (tertiary/aromatic N) is 3. The van der Waals surface area contributed by atoms with Crippen LogP contribution in [0.5, 0.6) is 5.75 Å². The first-order valence-corrected chi connectivity index (χ1v) is 10.1. The maximum Gasteiger partial charge on any atom is 0.238 e. The smallest absolute Gasteiger partial charge is 0.238 e. The molecule has 0 aliphatic carbocycles. The van der Waals surface area contributed by atoms with Gasteiger partial charge < -0.3 is 15.0 Å². The minimum atomic E-state index is -0.0901. The third-order valence-corrected chi connectivity index (χ3v) is 5.47. The molecule has 2 rings (SSSR count). The number of carbonyl (C=O) groups excluding carboxylic acids is 2. The number of carbonyl (C=O) groups is 2. The van der Waals surface area contributed by atoms with E-state index in [1.807, 2.05) is 31.7 Å². The average Bonchev–Trinajstić information content (AvgIpc) is 2.67. The first kappa shape index (κ1) is 22.5. The number of nitrogens with one attached hydrogen (secondary N) is 1. The number of piperazine rings is 1. The highest BCUT2D eigenvalue weighted by Crippen LogP contribution is 2.30. The number of benzene rings is 1. The number of methoxy groups -OCH3 is 1. The number of rotatable bonds is 8. The van der Waals surface area contributed by atoms with E-state index >= 15 is 0 Å². The molecule has 1 aliphatic rings. The molecular formula is C20H31ClN4O3. The fraction of sp³-hybridized carbons (Fsp3) is 0.600. The molecule has 0 saturated carbocycles. The number of anilines is 1. The molecule has 0 unspecified atom stereocenters. The molecule has 0 bridgehead atoms. The first-order valence-electron chi connectivity index (χ1n) is 9.74. The highest BCUT2D eigenvalue weighted by molar-refractivity contribution is 6.31. The first-order chi connectivity index (χ1) is 13.4. The Balaban J connectivity index is 1.82. The highest BCUT2D eigenvalue weighted by Gasteiger charge is 2.22. The third kappa shape index (κ3) is 6.09. The van der Waals surface area contributed by atoms with Gasteiger partial charge in [-0.3, -0.25) is 19.4 Å². The van der Waals surface area contributed by atoms with Crippen LogP contribution < -0.4 is 10.1 Å². The summed E-state index contributed by atoms with van der Waals surface area (Å²) in [6, 6.07) is 3.52. The third-order valence-electron chi connectivity index (χ3n) is 5.06. The quantitative estimate of drug-likeness (QED) is 0.710. The van der Waals surface area contributed by atoms with Crippen molar-refractivity contribution in [3.63, 3.8) is 0 Å². The van der Waals surface area contributed by atoms with E-state index in [4.69, 9.17) is 16.3 Å². The summed E-state index contributed by atoms with van der Waals surface area (Å²) in [7, 11) is 1.55. The van der Waals surface area contributed by atoms with Gasteiger partial charge in [0, 0.05) is 50.4 Å². The molecule has 0 atom stereocenters. The summed E-state index contributed by atoms with van der Waals surface area (Å²) in [5, 5.41) is 3.51. The lowest BCUT2D eigenvalue weighted by Gasteiger charge is -2.34. The molecule has 8 heteroatoms. The largest absolute Gasteiger partial charge is 0.495 e. The van der Waals surface area contributed by atoms with Crippen molar-refractivity contribution in [2.45, 2.75) is 20.8 Å². The zero-order valence-electron chi connectivity index (χ0n) is 17.3. The molecule has 0 radical (unpaired) electrons.